The van der Waals surface area contributed by atoms with Crippen LogP contribution in [0.15, 0.2) is 41.3 Å². The van der Waals surface area contributed by atoms with Crippen molar-refractivity contribution in [2.24, 2.45) is 0 Å². The first-order valence-corrected chi connectivity index (χ1v) is 8.35. The molecule has 0 bridgehead atoms. The molecule has 0 fully saturated rings. The Balaban J connectivity index is 1.84. The maximum atomic E-state index is 13.5. The number of aromatic nitrogens is 3. The number of halogens is 1. The smallest absolute Gasteiger partial charge is 0.412 e. The van der Waals surface area contributed by atoms with Gasteiger partial charge in [-0.3, -0.25) is 10.1 Å². The van der Waals surface area contributed by atoms with Crippen LogP contribution in [0.4, 0.5) is 14.9 Å². The average Bonchev–Trinajstić information content (AvgIpc) is 2.91. The molecule has 27 heavy (non-hydrogen) atoms. The minimum Gasteiger partial charge on any atom is -0.444 e. The highest BCUT2D eigenvalue weighted by molar-refractivity contribution is 6.08. The first kappa shape index (κ1) is 17.0. The highest BCUT2D eigenvalue weighted by atomic mass is 19.1. The first-order valence-electron chi connectivity index (χ1n) is 8.35. The van der Waals surface area contributed by atoms with E-state index >= 15 is 0 Å². The molecule has 8 heteroatoms. The lowest BCUT2D eigenvalue weighted by molar-refractivity contribution is 0.0636. The van der Waals surface area contributed by atoms with Crippen molar-refractivity contribution in [1.82, 2.24) is 14.6 Å². The number of anilines is 1. The second-order valence-electron chi connectivity index (χ2n) is 7.24. The Bertz CT molecular complexity index is 1270. The van der Waals surface area contributed by atoms with Gasteiger partial charge in [-0.25, -0.2) is 13.7 Å². The number of fused-ring (bicyclic) bond motifs is 5. The number of hydrogen-bond acceptors (Lipinski definition) is 4. The molecule has 2 N–H and O–H groups in total. The Hall–Kier alpha value is -3.42. The van der Waals surface area contributed by atoms with E-state index in [0.29, 0.717) is 33.0 Å². The van der Waals surface area contributed by atoms with Gasteiger partial charge in [0.05, 0.1) is 28.3 Å². The van der Waals surface area contributed by atoms with Crippen LogP contribution < -0.4 is 10.9 Å². The van der Waals surface area contributed by atoms with E-state index in [4.69, 9.17) is 4.74 Å². The molecule has 0 radical (unpaired) electrons. The van der Waals surface area contributed by atoms with Gasteiger partial charge in [0.25, 0.3) is 5.56 Å². The Kier molecular flexibility index (Phi) is 3.66. The average molecular weight is 368 g/mol. The van der Waals surface area contributed by atoms with Crippen molar-refractivity contribution in [3.05, 3.63) is 52.7 Å². The Morgan fingerprint density at radius 3 is 2.78 bits per heavy atom. The molecule has 0 aliphatic heterocycles. The van der Waals surface area contributed by atoms with Crippen LogP contribution in [0, 0.1) is 5.82 Å². The van der Waals surface area contributed by atoms with Gasteiger partial charge in [0, 0.05) is 5.39 Å². The molecule has 0 saturated heterocycles. The third kappa shape index (κ3) is 3.10. The van der Waals surface area contributed by atoms with Gasteiger partial charge in [-0.2, -0.15) is 5.10 Å². The van der Waals surface area contributed by atoms with Crippen LogP contribution in [0.25, 0.3) is 27.3 Å². The van der Waals surface area contributed by atoms with Crippen molar-refractivity contribution in [2.75, 3.05) is 5.32 Å². The summed E-state index contributed by atoms with van der Waals surface area (Å²) in [7, 11) is 0. The van der Waals surface area contributed by atoms with Gasteiger partial charge < -0.3 is 9.72 Å². The van der Waals surface area contributed by atoms with Gasteiger partial charge >= 0.3 is 6.09 Å². The van der Waals surface area contributed by atoms with Crippen LogP contribution in [-0.2, 0) is 4.74 Å². The molecule has 0 atom stereocenters. The molecule has 0 aliphatic carbocycles. The predicted octanol–water partition coefficient (Wildman–Crippen LogP) is 3.82. The number of H-pyrrole nitrogens is 1. The van der Waals surface area contributed by atoms with E-state index < -0.39 is 17.5 Å². The van der Waals surface area contributed by atoms with E-state index in [9.17, 15) is 14.0 Å². The zero-order chi connectivity index (χ0) is 19.3. The Labute approximate surface area is 152 Å². The summed E-state index contributed by atoms with van der Waals surface area (Å²) < 4.78 is 20.2. The van der Waals surface area contributed by atoms with E-state index in [-0.39, 0.29) is 5.56 Å². The Morgan fingerprint density at radius 1 is 1.26 bits per heavy atom. The van der Waals surface area contributed by atoms with Crippen molar-refractivity contribution in [3.63, 3.8) is 0 Å². The first-order chi connectivity index (χ1) is 12.7. The largest absolute Gasteiger partial charge is 0.444 e. The fraction of sp³-hybridized carbons (Fsp3) is 0.211. The standard InChI is InChI=1S/C19H17FN4O3/c1-19(2,3)27-18(26)21-11-5-7-14-15-16(23-24(14)9-11)12-6-4-10(20)8-13(12)22-17(15)25/h4-9H,1-3H3,(H,21,26)(H,22,25). The summed E-state index contributed by atoms with van der Waals surface area (Å²) >= 11 is 0. The third-order valence-corrected chi connectivity index (χ3v) is 3.99. The molecule has 7 nitrogen and oxygen atoms in total. The minimum atomic E-state index is -0.615. The van der Waals surface area contributed by atoms with Crippen molar-refractivity contribution in [2.45, 2.75) is 26.4 Å². The number of carbonyl (C=O) groups is 1. The summed E-state index contributed by atoms with van der Waals surface area (Å²) in [5.41, 5.74) is 0.913. The molecule has 138 valence electrons. The molecule has 0 aliphatic rings. The van der Waals surface area contributed by atoms with Crippen molar-refractivity contribution < 1.29 is 13.9 Å². The third-order valence-electron chi connectivity index (χ3n) is 3.99. The second kappa shape index (κ2) is 5.80. The number of rotatable bonds is 1. The normalized spacial score (nSPS) is 12.0. The van der Waals surface area contributed by atoms with Crippen molar-refractivity contribution in [3.8, 4) is 0 Å². The monoisotopic (exact) mass is 368 g/mol. The van der Waals surface area contributed by atoms with E-state index in [1.54, 1.807) is 45.2 Å². The van der Waals surface area contributed by atoms with Crippen LogP contribution in [-0.4, -0.2) is 26.3 Å². The lowest BCUT2D eigenvalue weighted by Gasteiger charge is -2.19. The molecule has 0 saturated carbocycles. The second-order valence-corrected chi connectivity index (χ2v) is 7.24. The van der Waals surface area contributed by atoms with Gasteiger partial charge in [0.15, 0.2) is 0 Å². The van der Waals surface area contributed by atoms with E-state index in [2.05, 4.69) is 15.4 Å². The number of nitrogens with one attached hydrogen (secondary N) is 2. The maximum Gasteiger partial charge on any atom is 0.412 e. The van der Waals surface area contributed by atoms with Crippen LogP contribution in [0.2, 0.25) is 0 Å². The van der Waals surface area contributed by atoms with Crippen molar-refractivity contribution in [1.29, 1.82) is 0 Å². The van der Waals surface area contributed by atoms with Crippen LogP contribution in [0.3, 0.4) is 0 Å². The lowest BCUT2D eigenvalue weighted by atomic mass is 10.1. The summed E-state index contributed by atoms with van der Waals surface area (Å²) in [5.74, 6) is -0.440. The molecule has 0 spiro atoms. The number of aromatic amines is 1. The molecular formula is C19H17FN4O3. The van der Waals surface area contributed by atoms with E-state index in [1.165, 1.54) is 16.6 Å². The maximum absolute atomic E-state index is 13.5. The molecular weight excluding hydrogens is 351 g/mol. The SMILES string of the molecule is CC(C)(C)OC(=O)Nc1ccc2c3c(=O)[nH]c4cc(F)ccc4c3nn2c1. The summed E-state index contributed by atoms with van der Waals surface area (Å²) in [5, 5.41) is 8.13. The number of amides is 1. The zero-order valence-corrected chi connectivity index (χ0v) is 15.0. The zero-order valence-electron chi connectivity index (χ0n) is 15.0. The summed E-state index contributed by atoms with van der Waals surface area (Å²) in [4.78, 5) is 27.1. The van der Waals surface area contributed by atoms with Gasteiger partial charge in [-0.1, -0.05) is 0 Å². The highest BCUT2D eigenvalue weighted by Crippen LogP contribution is 2.25. The van der Waals surface area contributed by atoms with Crippen LogP contribution in [0.5, 0.6) is 0 Å². The Morgan fingerprint density at radius 2 is 2.04 bits per heavy atom. The number of pyridine rings is 2. The van der Waals surface area contributed by atoms with Gasteiger partial charge in [0.2, 0.25) is 0 Å². The van der Waals surface area contributed by atoms with E-state index in [1.807, 2.05) is 0 Å². The number of carbonyl (C=O) groups excluding carboxylic acids is 1. The lowest BCUT2D eigenvalue weighted by Crippen LogP contribution is -2.27. The quantitative estimate of drug-likeness (QED) is 0.535. The highest BCUT2D eigenvalue weighted by Gasteiger charge is 2.17. The molecule has 1 aromatic carbocycles. The molecule has 4 rings (SSSR count). The molecule has 3 aromatic heterocycles. The van der Waals surface area contributed by atoms with Gasteiger partial charge in [-0.05, 0) is 51.1 Å². The molecule has 0 unspecified atom stereocenters. The fourth-order valence-corrected chi connectivity index (χ4v) is 2.97. The number of hydrogen-bond donors (Lipinski definition) is 2. The van der Waals surface area contributed by atoms with Gasteiger partial charge in [-0.15, -0.1) is 0 Å². The summed E-state index contributed by atoms with van der Waals surface area (Å²) in [6.45, 7) is 5.32. The molecule has 1 amide bonds. The minimum absolute atomic E-state index is 0.356. The van der Waals surface area contributed by atoms with E-state index in [0.717, 1.165) is 0 Å². The van der Waals surface area contributed by atoms with Crippen LogP contribution >= 0.6 is 0 Å². The van der Waals surface area contributed by atoms with Crippen molar-refractivity contribution >= 4 is 39.1 Å². The number of nitrogens with zero attached hydrogens (tertiary/aromatic N) is 2. The number of ether oxygens (including phenoxy) is 1. The predicted molar refractivity (Wildman–Crippen MR) is 101 cm³/mol. The molecule has 3 heterocycles. The summed E-state index contributed by atoms with van der Waals surface area (Å²) in [6, 6.07) is 7.51. The topological polar surface area (TPSA) is 88.5 Å². The van der Waals surface area contributed by atoms with Crippen LogP contribution in [0.1, 0.15) is 20.8 Å². The fourth-order valence-electron chi connectivity index (χ4n) is 2.97. The number of benzene rings is 1. The van der Waals surface area contributed by atoms with Gasteiger partial charge in [0.1, 0.15) is 16.9 Å². The molecule has 4 aromatic rings. The summed E-state index contributed by atoms with van der Waals surface area (Å²) in [6.07, 6.45) is 1.01.